The summed E-state index contributed by atoms with van der Waals surface area (Å²) in [7, 11) is 0. The Morgan fingerprint density at radius 3 is 2.44 bits per heavy atom. The van der Waals surface area contributed by atoms with Gasteiger partial charge in [-0.05, 0) is 42.3 Å². The van der Waals surface area contributed by atoms with Gasteiger partial charge < -0.3 is 5.32 Å². The van der Waals surface area contributed by atoms with E-state index in [1.807, 2.05) is 36.4 Å². The molecule has 2 rings (SSSR count). The first-order chi connectivity index (χ1) is 13.2. The van der Waals surface area contributed by atoms with Gasteiger partial charge in [-0.2, -0.15) is 5.10 Å². The van der Waals surface area contributed by atoms with Crippen molar-refractivity contribution < 1.29 is 9.59 Å². The number of amides is 2. The Bertz CT molecular complexity index is 781. The lowest BCUT2D eigenvalue weighted by Crippen LogP contribution is -2.17. The molecule has 2 aromatic rings. The summed E-state index contributed by atoms with van der Waals surface area (Å²) in [5.74, 6) is -0.310. The first-order valence-corrected chi connectivity index (χ1v) is 9.14. The van der Waals surface area contributed by atoms with E-state index in [2.05, 4.69) is 22.8 Å². The van der Waals surface area contributed by atoms with E-state index in [4.69, 9.17) is 0 Å². The van der Waals surface area contributed by atoms with Crippen LogP contribution in [0, 0.1) is 0 Å². The molecule has 2 N–H and O–H groups in total. The molecule has 0 aromatic heterocycles. The molecule has 140 valence electrons. The number of benzene rings is 2. The molecule has 0 aliphatic carbocycles. The standard InChI is InChI=1S/C22H25N3O2/c1-2-3-5-12-21(26)24-20-15-13-19(14-16-20)22(27)25-23-17-8-11-18-9-6-4-7-10-18/h4,6-11,13-17H,2-3,5,12H2,1H3,(H,24,26)(H,25,27). The van der Waals surface area contributed by atoms with E-state index in [-0.39, 0.29) is 11.8 Å². The SMILES string of the molecule is CCCCCC(=O)Nc1ccc(C(=O)NN=CC=Cc2ccccc2)cc1. The molecule has 0 saturated carbocycles. The van der Waals surface area contributed by atoms with Gasteiger partial charge in [0.05, 0.1) is 0 Å². The number of carbonyl (C=O) groups is 2. The minimum atomic E-state index is -0.305. The van der Waals surface area contributed by atoms with Crippen LogP contribution in [-0.2, 0) is 4.79 Å². The lowest BCUT2D eigenvalue weighted by molar-refractivity contribution is -0.116. The van der Waals surface area contributed by atoms with Gasteiger partial charge in [0.15, 0.2) is 0 Å². The van der Waals surface area contributed by atoms with Crippen LogP contribution in [0.25, 0.3) is 6.08 Å². The zero-order chi connectivity index (χ0) is 19.3. The fraction of sp³-hybridized carbons (Fsp3) is 0.227. The maximum absolute atomic E-state index is 12.0. The van der Waals surface area contributed by atoms with Crippen molar-refractivity contribution in [1.29, 1.82) is 0 Å². The van der Waals surface area contributed by atoms with E-state index < -0.39 is 0 Å². The van der Waals surface area contributed by atoms with Gasteiger partial charge in [-0.15, -0.1) is 0 Å². The van der Waals surface area contributed by atoms with Crippen molar-refractivity contribution in [1.82, 2.24) is 5.43 Å². The van der Waals surface area contributed by atoms with Gasteiger partial charge in [0.1, 0.15) is 0 Å². The highest BCUT2D eigenvalue weighted by Crippen LogP contribution is 2.11. The quantitative estimate of drug-likeness (QED) is 0.387. The Morgan fingerprint density at radius 1 is 1.00 bits per heavy atom. The molecule has 0 radical (unpaired) electrons. The van der Waals surface area contributed by atoms with Gasteiger partial charge >= 0.3 is 0 Å². The van der Waals surface area contributed by atoms with E-state index in [0.29, 0.717) is 17.7 Å². The molecule has 0 unspecified atom stereocenters. The van der Waals surface area contributed by atoms with Crippen molar-refractivity contribution in [3.05, 3.63) is 71.8 Å². The van der Waals surface area contributed by atoms with Gasteiger partial charge in [-0.25, -0.2) is 5.43 Å². The molecule has 2 aromatic carbocycles. The normalized spacial score (nSPS) is 11.0. The topological polar surface area (TPSA) is 70.6 Å². The highest BCUT2D eigenvalue weighted by atomic mass is 16.2. The summed E-state index contributed by atoms with van der Waals surface area (Å²) in [6, 6.07) is 16.6. The third-order valence-electron chi connectivity index (χ3n) is 3.85. The molecule has 0 aliphatic heterocycles. The van der Waals surface area contributed by atoms with Gasteiger partial charge in [0.2, 0.25) is 5.91 Å². The van der Waals surface area contributed by atoms with Crippen LogP contribution in [0.15, 0.2) is 65.8 Å². The van der Waals surface area contributed by atoms with Crippen LogP contribution in [0.5, 0.6) is 0 Å². The van der Waals surface area contributed by atoms with Gasteiger partial charge in [0.25, 0.3) is 5.91 Å². The van der Waals surface area contributed by atoms with Gasteiger partial charge in [-0.3, -0.25) is 9.59 Å². The Hall–Kier alpha value is -3.21. The van der Waals surface area contributed by atoms with Crippen molar-refractivity contribution in [2.45, 2.75) is 32.6 Å². The lowest BCUT2D eigenvalue weighted by atomic mass is 10.1. The molecule has 0 aliphatic rings. The Morgan fingerprint density at radius 2 is 1.74 bits per heavy atom. The second kappa shape index (κ2) is 11.4. The molecule has 0 fully saturated rings. The third-order valence-corrected chi connectivity index (χ3v) is 3.85. The summed E-state index contributed by atoms with van der Waals surface area (Å²) in [6.45, 7) is 2.10. The molecular weight excluding hydrogens is 338 g/mol. The van der Waals surface area contributed by atoms with Crippen LogP contribution in [0.2, 0.25) is 0 Å². The second-order valence-corrected chi connectivity index (χ2v) is 6.07. The number of nitrogens with zero attached hydrogens (tertiary/aromatic N) is 1. The number of hydrogen-bond acceptors (Lipinski definition) is 3. The molecule has 0 spiro atoms. The lowest BCUT2D eigenvalue weighted by Gasteiger charge is -2.06. The van der Waals surface area contributed by atoms with Gasteiger partial charge in [0, 0.05) is 23.9 Å². The predicted octanol–water partition coefficient (Wildman–Crippen LogP) is 4.63. The summed E-state index contributed by atoms with van der Waals surface area (Å²) < 4.78 is 0. The Kier molecular flexibility index (Phi) is 8.50. The fourth-order valence-electron chi connectivity index (χ4n) is 2.39. The fourth-order valence-corrected chi connectivity index (χ4v) is 2.39. The largest absolute Gasteiger partial charge is 0.326 e. The Balaban J connectivity index is 1.78. The maximum atomic E-state index is 12.0. The van der Waals surface area contributed by atoms with Crippen molar-refractivity contribution in [2.75, 3.05) is 5.32 Å². The second-order valence-electron chi connectivity index (χ2n) is 6.07. The monoisotopic (exact) mass is 363 g/mol. The van der Waals surface area contributed by atoms with E-state index in [1.165, 1.54) is 6.21 Å². The van der Waals surface area contributed by atoms with Crippen LogP contribution in [-0.4, -0.2) is 18.0 Å². The van der Waals surface area contributed by atoms with Gasteiger partial charge in [-0.1, -0.05) is 56.2 Å². The number of rotatable bonds is 9. The number of unbranched alkanes of at least 4 members (excludes halogenated alkanes) is 2. The molecule has 0 saturated heterocycles. The molecule has 2 amide bonds. The number of nitrogens with one attached hydrogen (secondary N) is 2. The first-order valence-electron chi connectivity index (χ1n) is 9.14. The number of anilines is 1. The maximum Gasteiger partial charge on any atom is 0.271 e. The van der Waals surface area contributed by atoms with Crippen molar-refractivity contribution in [3.63, 3.8) is 0 Å². The summed E-state index contributed by atoms with van der Waals surface area (Å²) in [6.07, 6.45) is 8.71. The molecule has 27 heavy (non-hydrogen) atoms. The average Bonchev–Trinajstić information content (AvgIpc) is 2.69. The van der Waals surface area contributed by atoms with Crippen LogP contribution in [0.1, 0.15) is 48.5 Å². The van der Waals surface area contributed by atoms with Crippen molar-refractivity contribution >= 4 is 29.8 Å². The van der Waals surface area contributed by atoms with Crippen molar-refractivity contribution in [3.8, 4) is 0 Å². The van der Waals surface area contributed by atoms with Crippen LogP contribution < -0.4 is 10.7 Å². The highest BCUT2D eigenvalue weighted by molar-refractivity contribution is 5.96. The first kappa shape index (κ1) is 20.1. The predicted molar refractivity (Wildman–Crippen MR) is 111 cm³/mol. The molecule has 0 atom stereocenters. The summed E-state index contributed by atoms with van der Waals surface area (Å²) in [4.78, 5) is 23.8. The summed E-state index contributed by atoms with van der Waals surface area (Å²) in [5.41, 5.74) is 4.69. The van der Waals surface area contributed by atoms with E-state index >= 15 is 0 Å². The van der Waals surface area contributed by atoms with E-state index in [1.54, 1.807) is 30.3 Å². The highest BCUT2D eigenvalue weighted by Gasteiger charge is 2.05. The number of allylic oxidation sites excluding steroid dienone is 1. The van der Waals surface area contributed by atoms with Crippen molar-refractivity contribution in [2.24, 2.45) is 5.10 Å². The number of hydrazone groups is 1. The number of hydrogen-bond donors (Lipinski definition) is 2. The minimum absolute atomic E-state index is 0.00421. The smallest absolute Gasteiger partial charge is 0.271 e. The zero-order valence-corrected chi connectivity index (χ0v) is 15.5. The van der Waals surface area contributed by atoms with Crippen LogP contribution >= 0.6 is 0 Å². The summed E-state index contributed by atoms with van der Waals surface area (Å²) >= 11 is 0. The van der Waals surface area contributed by atoms with Crippen LogP contribution in [0.4, 0.5) is 5.69 Å². The van der Waals surface area contributed by atoms with E-state index in [0.717, 1.165) is 24.8 Å². The minimum Gasteiger partial charge on any atom is -0.326 e. The molecule has 0 bridgehead atoms. The van der Waals surface area contributed by atoms with E-state index in [9.17, 15) is 9.59 Å². The molecule has 5 heteroatoms. The molecular formula is C22H25N3O2. The van der Waals surface area contributed by atoms with Crippen LogP contribution in [0.3, 0.4) is 0 Å². The molecule has 5 nitrogen and oxygen atoms in total. The average molecular weight is 363 g/mol. The third kappa shape index (κ3) is 7.69. The molecule has 0 heterocycles. The zero-order valence-electron chi connectivity index (χ0n) is 15.5. The number of carbonyl (C=O) groups excluding carboxylic acids is 2. The summed E-state index contributed by atoms with van der Waals surface area (Å²) in [5, 5.41) is 6.73. The Labute approximate surface area is 160 Å².